The summed E-state index contributed by atoms with van der Waals surface area (Å²) in [6.07, 6.45) is 0. The van der Waals surface area contributed by atoms with E-state index >= 15 is 0 Å². The van der Waals surface area contributed by atoms with Gasteiger partial charge in [-0.05, 0) is 29.8 Å². The fourth-order valence-corrected chi connectivity index (χ4v) is 4.20. The van der Waals surface area contributed by atoms with Crippen LogP contribution < -0.4 is 0 Å². The quantitative estimate of drug-likeness (QED) is 0.695. The van der Waals surface area contributed by atoms with Crippen LogP contribution in [-0.4, -0.2) is 8.42 Å². The molecule has 2 nitrogen and oxygen atoms in total. The van der Waals surface area contributed by atoms with Gasteiger partial charge in [-0.25, -0.2) is 8.42 Å². The van der Waals surface area contributed by atoms with E-state index < -0.39 is 9.84 Å². The Morgan fingerprint density at radius 2 is 1.50 bits per heavy atom. The molecule has 0 atom stereocenters. The molecule has 20 heavy (non-hydrogen) atoms. The molecule has 6 heteroatoms. The molecule has 0 fully saturated rings. The van der Waals surface area contributed by atoms with Gasteiger partial charge in [0.25, 0.3) is 0 Å². The first-order valence-electron chi connectivity index (χ1n) is 5.74. The summed E-state index contributed by atoms with van der Waals surface area (Å²) in [6, 6.07) is 11.7. The number of alkyl halides is 1. The van der Waals surface area contributed by atoms with Crippen molar-refractivity contribution in [2.24, 2.45) is 0 Å². The van der Waals surface area contributed by atoms with Crippen molar-refractivity contribution in [1.29, 1.82) is 0 Å². The molecular weight excluding hydrogens is 383 g/mol. The van der Waals surface area contributed by atoms with Gasteiger partial charge in [-0.3, -0.25) is 0 Å². The second-order valence-corrected chi connectivity index (χ2v) is 7.60. The third-order valence-electron chi connectivity index (χ3n) is 2.83. The minimum Gasteiger partial charge on any atom is -0.223 e. The number of hydrogen-bond acceptors (Lipinski definition) is 2. The van der Waals surface area contributed by atoms with Crippen molar-refractivity contribution in [3.63, 3.8) is 0 Å². The van der Waals surface area contributed by atoms with Crippen LogP contribution in [0.4, 0.5) is 0 Å². The van der Waals surface area contributed by atoms with Crippen LogP contribution in [0, 0.1) is 0 Å². The van der Waals surface area contributed by atoms with E-state index in [2.05, 4.69) is 15.9 Å². The van der Waals surface area contributed by atoms with Gasteiger partial charge >= 0.3 is 0 Å². The van der Waals surface area contributed by atoms with Crippen molar-refractivity contribution < 1.29 is 8.42 Å². The van der Waals surface area contributed by atoms with Crippen molar-refractivity contribution >= 4 is 49.0 Å². The summed E-state index contributed by atoms with van der Waals surface area (Å²) >= 11 is 15.4. The zero-order valence-corrected chi connectivity index (χ0v) is 14.2. The molecule has 2 aromatic carbocycles. The van der Waals surface area contributed by atoms with E-state index in [4.69, 9.17) is 23.2 Å². The standard InChI is InChI=1S/C14H11BrCl2O2S/c15-8-10-4-6-11(7-5-10)20(18,19)9-12-13(16)2-1-3-14(12)17/h1-7H,8-9H2. The van der Waals surface area contributed by atoms with Crippen LogP contribution in [0.2, 0.25) is 10.0 Å². The second-order valence-electron chi connectivity index (χ2n) is 4.24. The lowest BCUT2D eigenvalue weighted by atomic mass is 10.2. The van der Waals surface area contributed by atoms with Crippen molar-refractivity contribution in [3.8, 4) is 0 Å². The van der Waals surface area contributed by atoms with Gasteiger partial charge in [-0.1, -0.05) is 57.3 Å². The van der Waals surface area contributed by atoms with Crippen LogP contribution in [-0.2, 0) is 20.9 Å². The minimum absolute atomic E-state index is 0.209. The monoisotopic (exact) mass is 392 g/mol. The molecule has 106 valence electrons. The van der Waals surface area contributed by atoms with Crippen molar-refractivity contribution in [2.75, 3.05) is 0 Å². The number of benzene rings is 2. The molecule has 0 saturated heterocycles. The van der Waals surface area contributed by atoms with E-state index in [1.54, 1.807) is 42.5 Å². The maximum atomic E-state index is 12.4. The Morgan fingerprint density at radius 3 is 2.00 bits per heavy atom. The molecule has 0 bridgehead atoms. The first-order chi connectivity index (χ1) is 9.44. The summed E-state index contributed by atoms with van der Waals surface area (Å²) < 4.78 is 24.8. The molecule has 0 unspecified atom stereocenters. The lowest BCUT2D eigenvalue weighted by Gasteiger charge is -2.08. The van der Waals surface area contributed by atoms with Gasteiger partial charge in [-0.15, -0.1) is 0 Å². The third-order valence-corrected chi connectivity index (χ3v) is 5.85. The first kappa shape index (κ1) is 15.8. The average molecular weight is 394 g/mol. The van der Waals surface area contributed by atoms with Gasteiger partial charge in [0.1, 0.15) is 0 Å². The summed E-state index contributed by atoms with van der Waals surface area (Å²) in [7, 11) is -3.47. The highest BCUT2D eigenvalue weighted by Gasteiger charge is 2.19. The van der Waals surface area contributed by atoms with E-state index in [9.17, 15) is 8.42 Å². The number of rotatable bonds is 4. The van der Waals surface area contributed by atoms with Crippen LogP contribution in [0.5, 0.6) is 0 Å². The SMILES string of the molecule is O=S(=O)(Cc1c(Cl)cccc1Cl)c1ccc(CBr)cc1. The smallest absolute Gasteiger partial charge is 0.182 e. The Labute approximate surface area is 136 Å². The van der Waals surface area contributed by atoms with Gasteiger partial charge in [0, 0.05) is 20.9 Å². The summed E-state index contributed by atoms with van der Waals surface area (Å²) in [5, 5.41) is 1.40. The summed E-state index contributed by atoms with van der Waals surface area (Å²) in [5.74, 6) is -0.209. The topological polar surface area (TPSA) is 34.1 Å². The molecule has 0 aliphatic heterocycles. The molecule has 0 spiro atoms. The highest BCUT2D eigenvalue weighted by molar-refractivity contribution is 9.08. The van der Waals surface area contributed by atoms with Crippen molar-refractivity contribution in [3.05, 3.63) is 63.6 Å². The Kier molecular flexibility index (Phi) is 5.13. The Morgan fingerprint density at radius 1 is 0.950 bits per heavy atom. The molecule has 0 aliphatic carbocycles. The minimum atomic E-state index is -3.47. The average Bonchev–Trinajstić information content (AvgIpc) is 2.43. The fourth-order valence-electron chi connectivity index (χ4n) is 1.73. The summed E-state index contributed by atoms with van der Waals surface area (Å²) in [6.45, 7) is 0. The van der Waals surface area contributed by atoms with Gasteiger partial charge in [0.2, 0.25) is 0 Å². The van der Waals surface area contributed by atoms with Crippen molar-refractivity contribution in [1.82, 2.24) is 0 Å². The molecular formula is C14H11BrCl2O2S. The largest absolute Gasteiger partial charge is 0.223 e. The molecule has 2 aromatic rings. The lowest BCUT2D eigenvalue weighted by Crippen LogP contribution is -2.06. The Balaban J connectivity index is 2.35. The molecule has 2 rings (SSSR count). The molecule has 0 N–H and O–H groups in total. The predicted molar refractivity (Wildman–Crippen MR) is 86.4 cm³/mol. The van der Waals surface area contributed by atoms with E-state index in [1.807, 2.05) is 0 Å². The molecule has 0 radical (unpaired) electrons. The summed E-state index contributed by atoms with van der Waals surface area (Å²) in [5.41, 5.74) is 1.44. The maximum Gasteiger partial charge on any atom is 0.182 e. The van der Waals surface area contributed by atoms with Gasteiger partial charge in [0.15, 0.2) is 9.84 Å². The van der Waals surface area contributed by atoms with Gasteiger partial charge in [-0.2, -0.15) is 0 Å². The van der Waals surface area contributed by atoms with Crippen LogP contribution in [0.25, 0.3) is 0 Å². The third kappa shape index (κ3) is 3.55. The van der Waals surface area contributed by atoms with E-state index in [1.165, 1.54) is 0 Å². The van der Waals surface area contributed by atoms with E-state index in [-0.39, 0.29) is 10.6 Å². The molecule has 0 aromatic heterocycles. The first-order valence-corrected chi connectivity index (χ1v) is 9.27. The second kappa shape index (κ2) is 6.48. The van der Waals surface area contributed by atoms with Gasteiger partial charge in [0.05, 0.1) is 10.6 Å². The number of halogens is 3. The maximum absolute atomic E-state index is 12.4. The van der Waals surface area contributed by atoms with Crippen LogP contribution in [0.3, 0.4) is 0 Å². The molecule has 0 amide bonds. The normalized spacial score (nSPS) is 11.6. The van der Waals surface area contributed by atoms with Gasteiger partial charge < -0.3 is 0 Å². The zero-order valence-electron chi connectivity index (χ0n) is 10.3. The highest BCUT2D eigenvalue weighted by atomic mass is 79.9. The van der Waals surface area contributed by atoms with E-state index in [0.717, 1.165) is 5.56 Å². The Bertz CT molecular complexity index is 692. The zero-order chi connectivity index (χ0) is 14.8. The molecule has 0 heterocycles. The van der Waals surface area contributed by atoms with Crippen molar-refractivity contribution in [2.45, 2.75) is 16.0 Å². The van der Waals surface area contributed by atoms with Crippen LogP contribution in [0.15, 0.2) is 47.4 Å². The number of hydrogen-bond donors (Lipinski definition) is 0. The number of sulfone groups is 1. The van der Waals surface area contributed by atoms with Crippen LogP contribution in [0.1, 0.15) is 11.1 Å². The molecule has 0 saturated carbocycles. The predicted octanol–water partition coefficient (Wildman–Crippen LogP) is 4.86. The molecule has 0 aliphatic rings. The summed E-state index contributed by atoms with van der Waals surface area (Å²) in [4.78, 5) is 0.262. The van der Waals surface area contributed by atoms with E-state index in [0.29, 0.717) is 20.9 Å². The highest BCUT2D eigenvalue weighted by Crippen LogP contribution is 2.28. The lowest BCUT2D eigenvalue weighted by molar-refractivity contribution is 0.595. The fraction of sp³-hybridized carbons (Fsp3) is 0.143. The van der Waals surface area contributed by atoms with Crippen LogP contribution >= 0.6 is 39.1 Å². The Hall–Kier alpha value is -0.550.